The number of methoxy groups -OCH3 is 2. The van der Waals surface area contributed by atoms with Gasteiger partial charge in [-0.25, -0.2) is 0 Å². The third-order valence-corrected chi connectivity index (χ3v) is 8.04. The predicted molar refractivity (Wildman–Crippen MR) is 133 cm³/mol. The summed E-state index contributed by atoms with van der Waals surface area (Å²) >= 11 is 0. The Morgan fingerprint density at radius 1 is 1.03 bits per heavy atom. The van der Waals surface area contributed by atoms with Crippen LogP contribution >= 0.6 is 0 Å². The number of anilines is 1. The first-order valence-corrected chi connectivity index (χ1v) is 12.4. The molecule has 0 spiro atoms. The number of fused-ring (bicyclic) bond motifs is 7. The van der Waals surface area contributed by atoms with Crippen molar-refractivity contribution in [2.75, 3.05) is 32.2 Å². The molecule has 2 bridgehead atoms. The second-order valence-electron chi connectivity index (χ2n) is 9.92. The molecule has 36 heavy (non-hydrogen) atoms. The summed E-state index contributed by atoms with van der Waals surface area (Å²) in [6, 6.07) is 10.6. The molecular formula is C28H29N3O5. The Balaban J connectivity index is 1.27. The third kappa shape index (κ3) is 3.38. The number of nitrogens with one attached hydrogen (secondary N) is 1. The number of nitrogens with zero attached hydrogens (tertiary/aromatic N) is 2. The number of allylic oxidation sites excluding steroid dienone is 2. The molecule has 0 radical (unpaired) electrons. The molecule has 2 heterocycles. The summed E-state index contributed by atoms with van der Waals surface area (Å²) in [6.45, 7) is 0.854. The lowest BCUT2D eigenvalue weighted by Crippen LogP contribution is -2.49. The van der Waals surface area contributed by atoms with E-state index in [9.17, 15) is 14.4 Å². The van der Waals surface area contributed by atoms with Crippen molar-refractivity contribution in [2.45, 2.75) is 25.4 Å². The maximum Gasteiger partial charge on any atom is 0.264 e. The van der Waals surface area contributed by atoms with Gasteiger partial charge in [0.05, 0.1) is 31.0 Å². The molecule has 0 saturated heterocycles. The zero-order valence-electron chi connectivity index (χ0n) is 20.4. The second-order valence-corrected chi connectivity index (χ2v) is 9.92. The highest BCUT2D eigenvalue weighted by Gasteiger charge is 2.49. The highest BCUT2D eigenvalue weighted by Crippen LogP contribution is 2.49. The van der Waals surface area contributed by atoms with Gasteiger partial charge in [0.25, 0.3) is 11.8 Å². The van der Waals surface area contributed by atoms with Gasteiger partial charge in [0.2, 0.25) is 5.91 Å². The first-order valence-electron chi connectivity index (χ1n) is 12.4. The fourth-order valence-corrected chi connectivity index (χ4v) is 6.34. The number of ether oxygens (including phenoxy) is 2. The highest BCUT2D eigenvalue weighted by atomic mass is 16.5. The van der Waals surface area contributed by atoms with Crippen LogP contribution in [0.3, 0.4) is 0 Å². The van der Waals surface area contributed by atoms with E-state index in [4.69, 9.17) is 9.47 Å². The summed E-state index contributed by atoms with van der Waals surface area (Å²) in [7, 11) is 3.02. The minimum absolute atomic E-state index is 0.0863. The second kappa shape index (κ2) is 8.69. The number of carbonyl (C=O) groups excluding carboxylic acids is 3. The molecule has 1 saturated carbocycles. The summed E-state index contributed by atoms with van der Waals surface area (Å²) in [5.41, 5.74) is 2.04. The van der Waals surface area contributed by atoms with Gasteiger partial charge >= 0.3 is 0 Å². The number of carbonyl (C=O) groups is 3. The lowest BCUT2D eigenvalue weighted by atomic mass is 9.93. The Bertz CT molecular complexity index is 1290. The van der Waals surface area contributed by atoms with Crippen LogP contribution in [0.4, 0.5) is 5.69 Å². The van der Waals surface area contributed by atoms with Gasteiger partial charge in [0.15, 0.2) is 11.5 Å². The van der Waals surface area contributed by atoms with Gasteiger partial charge in [-0.3, -0.25) is 19.3 Å². The van der Waals surface area contributed by atoms with E-state index < -0.39 is 6.17 Å². The minimum Gasteiger partial charge on any atom is -0.493 e. The molecule has 3 amide bonds. The quantitative estimate of drug-likeness (QED) is 0.604. The van der Waals surface area contributed by atoms with Crippen LogP contribution in [0.2, 0.25) is 0 Å². The van der Waals surface area contributed by atoms with E-state index >= 15 is 0 Å². The summed E-state index contributed by atoms with van der Waals surface area (Å²) in [6.07, 6.45) is 6.40. The smallest absolute Gasteiger partial charge is 0.264 e. The molecule has 2 aromatic carbocycles. The van der Waals surface area contributed by atoms with Gasteiger partial charge < -0.3 is 19.7 Å². The Morgan fingerprint density at radius 2 is 1.86 bits per heavy atom. The molecule has 2 aliphatic heterocycles. The lowest BCUT2D eigenvalue weighted by molar-refractivity contribution is -0.121. The van der Waals surface area contributed by atoms with Crippen LogP contribution < -0.4 is 19.7 Å². The number of amides is 3. The molecule has 4 aliphatic rings. The number of benzene rings is 2. The normalized spacial score (nSPS) is 25.1. The zero-order chi connectivity index (χ0) is 25.0. The molecule has 6 rings (SSSR count). The molecule has 1 fully saturated rings. The van der Waals surface area contributed by atoms with E-state index in [1.165, 1.54) is 20.6 Å². The van der Waals surface area contributed by atoms with Gasteiger partial charge in [-0.15, -0.1) is 0 Å². The van der Waals surface area contributed by atoms with Crippen molar-refractivity contribution in [1.29, 1.82) is 0 Å². The van der Waals surface area contributed by atoms with E-state index in [0.29, 0.717) is 58.2 Å². The van der Waals surface area contributed by atoms with Gasteiger partial charge in [-0.1, -0.05) is 30.4 Å². The van der Waals surface area contributed by atoms with E-state index in [1.807, 2.05) is 6.07 Å². The standard InChI is InChI=1S/C28H29N3O5/c1-35-22-10-9-20-24(25(22)36-2)28(34)31-21-6-4-3-5-19(21)27(33)30(26(20)31)12-11-23(32)29-15-18-14-16-7-8-17(18)13-16/h3-10,16-18,26H,11-15H2,1-2H3,(H,29,32)/t16-,17-,18+,26+/m0/s1. The summed E-state index contributed by atoms with van der Waals surface area (Å²) < 4.78 is 11.0. The molecule has 2 aliphatic carbocycles. The van der Waals surface area contributed by atoms with Crippen LogP contribution in [0.15, 0.2) is 48.6 Å². The average Bonchev–Trinajstić information content (AvgIpc) is 3.60. The molecule has 8 nitrogen and oxygen atoms in total. The Kier molecular flexibility index (Phi) is 5.47. The summed E-state index contributed by atoms with van der Waals surface area (Å²) in [5, 5.41) is 3.08. The van der Waals surface area contributed by atoms with Crippen LogP contribution in [0.1, 0.15) is 51.7 Å². The minimum atomic E-state index is -0.654. The van der Waals surface area contributed by atoms with Crippen molar-refractivity contribution >= 4 is 23.4 Å². The van der Waals surface area contributed by atoms with Gasteiger partial charge in [-0.2, -0.15) is 0 Å². The van der Waals surface area contributed by atoms with E-state index in [1.54, 1.807) is 40.1 Å². The maximum atomic E-state index is 13.7. The van der Waals surface area contributed by atoms with Gasteiger partial charge in [-0.05, 0) is 48.8 Å². The molecule has 4 atom stereocenters. The highest BCUT2D eigenvalue weighted by molar-refractivity contribution is 6.18. The number of hydrogen-bond acceptors (Lipinski definition) is 5. The van der Waals surface area contributed by atoms with Crippen molar-refractivity contribution < 1.29 is 23.9 Å². The first kappa shape index (κ1) is 22.6. The van der Waals surface area contributed by atoms with Crippen molar-refractivity contribution in [1.82, 2.24) is 10.2 Å². The largest absolute Gasteiger partial charge is 0.493 e. The maximum absolute atomic E-state index is 13.7. The third-order valence-electron chi connectivity index (χ3n) is 8.04. The van der Waals surface area contributed by atoms with Crippen LogP contribution in [-0.4, -0.2) is 49.9 Å². The van der Waals surface area contributed by atoms with E-state index in [2.05, 4.69) is 17.5 Å². The molecule has 8 heteroatoms. The topological polar surface area (TPSA) is 88.2 Å². The van der Waals surface area contributed by atoms with Crippen LogP contribution in [0, 0.1) is 17.8 Å². The molecule has 0 unspecified atom stereocenters. The Hall–Kier alpha value is -3.81. The summed E-state index contributed by atoms with van der Waals surface area (Å²) in [5.74, 6) is 1.96. The fraction of sp³-hybridized carbons (Fsp3) is 0.393. The lowest BCUT2D eigenvalue weighted by Gasteiger charge is -2.40. The van der Waals surface area contributed by atoms with Gasteiger partial charge in [0, 0.05) is 25.1 Å². The van der Waals surface area contributed by atoms with Crippen molar-refractivity contribution in [2.24, 2.45) is 17.8 Å². The SMILES string of the molecule is COc1ccc2c(c1OC)C(=O)N1c3ccccc3C(=O)N(CCC(=O)NC[C@H]3C[C@H]4C=C[C@H]3C4)[C@@H]21. The van der Waals surface area contributed by atoms with Crippen molar-refractivity contribution in [3.05, 3.63) is 65.2 Å². The van der Waals surface area contributed by atoms with Crippen molar-refractivity contribution in [3.8, 4) is 11.5 Å². The number of hydrogen-bond donors (Lipinski definition) is 1. The average molecular weight is 488 g/mol. The van der Waals surface area contributed by atoms with Crippen molar-refractivity contribution in [3.63, 3.8) is 0 Å². The number of para-hydroxylation sites is 1. The number of rotatable bonds is 7. The van der Waals surface area contributed by atoms with Gasteiger partial charge in [0.1, 0.15) is 6.17 Å². The van der Waals surface area contributed by atoms with Crippen LogP contribution in [0.5, 0.6) is 11.5 Å². The molecule has 0 aromatic heterocycles. The molecule has 1 N–H and O–H groups in total. The Morgan fingerprint density at radius 3 is 2.58 bits per heavy atom. The van der Waals surface area contributed by atoms with E-state index in [0.717, 1.165) is 6.42 Å². The van der Waals surface area contributed by atoms with Crippen LogP contribution in [-0.2, 0) is 4.79 Å². The predicted octanol–water partition coefficient (Wildman–Crippen LogP) is 3.54. The fourth-order valence-electron chi connectivity index (χ4n) is 6.34. The van der Waals surface area contributed by atoms with E-state index in [-0.39, 0.29) is 30.7 Å². The molecule has 186 valence electrons. The molecule has 2 aromatic rings. The monoisotopic (exact) mass is 487 g/mol. The Labute approximate surface area is 209 Å². The first-order chi connectivity index (χ1) is 17.5. The summed E-state index contributed by atoms with van der Waals surface area (Å²) in [4.78, 5) is 43.4. The molecular weight excluding hydrogens is 458 g/mol. The van der Waals surface area contributed by atoms with Crippen LogP contribution in [0.25, 0.3) is 0 Å². The zero-order valence-corrected chi connectivity index (χ0v) is 20.4.